The summed E-state index contributed by atoms with van der Waals surface area (Å²) in [7, 11) is 0. The van der Waals surface area contributed by atoms with Crippen LogP contribution in [0.5, 0.6) is 0 Å². The van der Waals surface area contributed by atoms with E-state index in [0.29, 0.717) is 55.1 Å². The normalized spacial score (nSPS) is 11.6. The van der Waals surface area contributed by atoms with E-state index in [0.717, 1.165) is 10.8 Å². The Labute approximate surface area is 271 Å². The van der Waals surface area contributed by atoms with E-state index in [1.807, 2.05) is 24.3 Å². The van der Waals surface area contributed by atoms with Gasteiger partial charge in [-0.15, -0.1) is 0 Å². The summed E-state index contributed by atoms with van der Waals surface area (Å²) in [6, 6.07) is 40.5. The third kappa shape index (κ3) is 4.23. The van der Waals surface area contributed by atoms with Gasteiger partial charge in [0.15, 0.2) is 0 Å². The van der Waals surface area contributed by atoms with Crippen LogP contribution in [0.2, 0.25) is 0 Å². The summed E-state index contributed by atoms with van der Waals surface area (Å²) in [4.78, 5) is 0. The molecule has 0 fully saturated rings. The zero-order valence-corrected chi connectivity index (χ0v) is 24.9. The van der Waals surface area contributed by atoms with Crippen LogP contribution in [0.1, 0.15) is 22.3 Å². The number of halogens is 3. The molecule has 0 aliphatic rings. The van der Waals surface area contributed by atoms with Gasteiger partial charge in [0.25, 0.3) is 0 Å². The van der Waals surface area contributed by atoms with Gasteiger partial charge in [-0.2, -0.15) is 29.0 Å². The Morgan fingerprint density at radius 2 is 1.00 bits per heavy atom. The first-order chi connectivity index (χ1) is 23.3. The monoisotopic (exact) mass is 627 g/mol. The lowest BCUT2D eigenvalue weighted by Crippen LogP contribution is -2.17. The van der Waals surface area contributed by atoms with Crippen molar-refractivity contribution >= 4 is 43.6 Å². The van der Waals surface area contributed by atoms with Gasteiger partial charge < -0.3 is 9.13 Å². The maximum Gasteiger partial charge on any atom is 0.420 e. The predicted molar refractivity (Wildman–Crippen MR) is 180 cm³/mol. The SMILES string of the molecule is N#Cc1cccc(-c2ccc(-n3c4ccccc4c4ccc(C#N)cc43)c(C(F)(F)F)c2-n2c3ccccc3c3ccc(C#N)cc32)c1. The fourth-order valence-electron chi connectivity index (χ4n) is 6.85. The molecule has 2 aromatic heterocycles. The molecule has 0 unspecified atom stereocenters. The average molecular weight is 628 g/mol. The molecule has 0 atom stereocenters. The van der Waals surface area contributed by atoms with E-state index >= 15 is 13.2 Å². The molecule has 0 saturated heterocycles. The zero-order valence-electron chi connectivity index (χ0n) is 24.9. The number of nitrogens with zero attached hydrogens (tertiary/aromatic N) is 5. The highest BCUT2D eigenvalue weighted by Crippen LogP contribution is 2.47. The lowest BCUT2D eigenvalue weighted by Gasteiger charge is -2.24. The second-order valence-electron chi connectivity index (χ2n) is 11.4. The van der Waals surface area contributed by atoms with Crippen LogP contribution in [0.25, 0.3) is 66.1 Å². The van der Waals surface area contributed by atoms with Crippen molar-refractivity contribution in [1.82, 2.24) is 9.13 Å². The van der Waals surface area contributed by atoms with Crippen molar-refractivity contribution in [3.8, 4) is 40.7 Å². The first-order valence-electron chi connectivity index (χ1n) is 14.9. The fourth-order valence-corrected chi connectivity index (χ4v) is 6.85. The molecule has 0 aliphatic heterocycles. The van der Waals surface area contributed by atoms with Crippen molar-refractivity contribution < 1.29 is 13.2 Å². The van der Waals surface area contributed by atoms with Crippen molar-refractivity contribution in [2.45, 2.75) is 6.18 Å². The number of hydrogen-bond acceptors (Lipinski definition) is 3. The number of hydrogen-bond donors (Lipinski definition) is 0. The molecular formula is C40H20F3N5. The molecule has 0 N–H and O–H groups in total. The minimum Gasteiger partial charge on any atom is -0.309 e. The molecule has 8 heteroatoms. The molecule has 2 heterocycles. The smallest absolute Gasteiger partial charge is 0.309 e. The van der Waals surface area contributed by atoms with Crippen LogP contribution in [0, 0.1) is 34.0 Å². The van der Waals surface area contributed by atoms with Gasteiger partial charge in [0.1, 0.15) is 5.56 Å². The van der Waals surface area contributed by atoms with E-state index in [4.69, 9.17) is 0 Å². The molecule has 8 rings (SSSR count). The maximum absolute atomic E-state index is 16.0. The molecule has 0 aliphatic carbocycles. The van der Waals surface area contributed by atoms with Crippen LogP contribution in [-0.2, 0) is 6.18 Å². The molecule has 0 amide bonds. The Balaban J connectivity index is 1.63. The molecule has 0 radical (unpaired) electrons. The Bertz CT molecular complexity index is 2760. The van der Waals surface area contributed by atoms with Crippen molar-refractivity contribution in [2.75, 3.05) is 0 Å². The van der Waals surface area contributed by atoms with Gasteiger partial charge >= 0.3 is 6.18 Å². The zero-order chi connectivity index (χ0) is 33.2. The van der Waals surface area contributed by atoms with E-state index in [-0.39, 0.29) is 16.9 Å². The largest absolute Gasteiger partial charge is 0.420 e. The predicted octanol–water partition coefficient (Wildman–Crippen LogP) is 10.2. The van der Waals surface area contributed by atoms with Gasteiger partial charge in [-0.05, 0) is 60.2 Å². The Morgan fingerprint density at radius 1 is 0.479 bits per heavy atom. The third-order valence-corrected chi connectivity index (χ3v) is 8.81. The summed E-state index contributed by atoms with van der Waals surface area (Å²) in [6.45, 7) is 0. The van der Waals surface area contributed by atoms with E-state index in [9.17, 15) is 15.8 Å². The van der Waals surface area contributed by atoms with Gasteiger partial charge in [-0.1, -0.05) is 66.7 Å². The Kier molecular flexibility index (Phi) is 6.34. The Hall–Kier alpha value is -6.82. The second-order valence-corrected chi connectivity index (χ2v) is 11.4. The topological polar surface area (TPSA) is 81.2 Å². The van der Waals surface area contributed by atoms with Crippen LogP contribution < -0.4 is 0 Å². The first-order valence-corrected chi connectivity index (χ1v) is 14.9. The van der Waals surface area contributed by atoms with Crippen LogP contribution >= 0.6 is 0 Å². The number of para-hydroxylation sites is 2. The fraction of sp³-hybridized carbons (Fsp3) is 0.0250. The molecule has 0 saturated carbocycles. The summed E-state index contributed by atoms with van der Waals surface area (Å²) in [6.07, 6.45) is -4.89. The van der Waals surface area contributed by atoms with Gasteiger partial charge in [0.05, 0.1) is 68.3 Å². The molecule has 0 bridgehead atoms. The van der Waals surface area contributed by atoms with Gasteiger partial charge in [0.2, 0.25) is 0 Å². The number of benzene rings is 6. The van der Waals surface area contributed by atoms with E-state index in [1.165, 1.54) is 6.07 Å². The highest BCUT2D eigenvalue weighted by Gasteiger charge is 2.40. The van der Waals surface area contributed by atoms with Gasteiger partial charge in [-0.3, -0.25) is 0 Å². The molecule has 6 aromatic carbocycles. The molecule has 5 nitrogen and oxygen atoms in total. The van der Waals surface area contributed by atoms with E-state index in [2.05, 4.69) is 18.2 Å². The highest BCUT2D eigenvalue weighted by atomic mass is 19.4. The highest BCUT2D eigenvalue weighted by molar-refractivity contribution is 6.12. The molecule has 226 valence electrons. The first kappa shape index (κ1) is 28.6. The van der Waals surface area contributed by atoms with Crippen molar-refractivity contribution in [3.05, 3.63) is 144 Å². The molecule has 8 aromatic rings. The lowest BCUT2D eigenvalue weighted by molar-refractivity contribution is -0.137. The number of nitriles is 3. The van der Waals surface area contributed by atoms with Crippen molar-refractivity contribution in [1.29, 1.82) is 15.8 Å². The number of rotatable bonds is 3. The molecular weight excluding hydrogens is 607 g/mol. The maximum atomic E-state index is 16.0. The summed E-state index contributed by atoms with van der Waals surface area (Å²) >= 11 is 0. The number of aromatic nitrogens is 2. The van der Waals surface area contributed by atoms with Crippen LogP contribution in [0.15, 0.2) is 121 Å². The standard InChI is InChI=1S/C40H20F3N5/c41-40(42,43)38-35(47-33-10-3-1-8-29(33)31-14-12-25(22-45)19-36(31)47)17-16-28(27-7-5-6-24(18-27)21-44)39(38)48-34-11-4-2-9-30(34)32-15-13-26(23-46)20-37(32)48/h1-20H. The number of fused-ring (bicyclic) bond motifs is 6. The summed E-state index contributed by atoms with van der Waals surface area (Å²) < 4.78 is 51.3. The average Bonchev–Trinajstić information content (AvgIpc) is 3.62. The van der Waals surface area contributed by atoms with Gasteiger partial charge in [0, 0.05) is 27.1 Å². The minimum absolute atomic E-state index is 0.124. The lowest BCUT2D eigenvalue weighted by atomic mass is 9.96. The van der Waals surface area contributed by atoms with Crippen molar-refractivity contribution in [3.63, 3.8) is 0 Å². The van der Waals surface area contributed by atoms with E-state index in [1.54, 1.807) is 100 Å². The molecule has 48 heavy (non-hydrogen) atoms. The van der Waals surface area contributed by atoms with Crippen LogP contribution in [0.3, 0.4) is 0 Å². The van der Waals surface area contributed by atoms with E-state index < -0.39 is 11.7 Å². The van der Waals surface area contributed by atoms with Crippen LogP contribution in [-0.4, -0.2) is 9.13 Å². The minimum atomic E-state index is -4.89. The Morgan fingerprint density at radius 3 is 1.58 bits per heavy atom. The summed E-state index contributed by atoms with van der Waals surface area (Å²) in [5, 5.41) is 32.1. The third-order valence-electron chi connectivity index (χ3n) is 8.81. The van der Waals surface area contributed by atoms with Crippen LogP contribution in [0.4, 0.5) is 13.2 Å². The van der Waals surface area contributed by atoms with Crippen molar-refractivity contribution in [2.24, 2.45) is 0 Å². The quantitative estimate of drug-likeness (QED) is 0.195. The molecule has 0 spiro atoms. The summed E-state index contributed by atoms with van der Waals surface area (Å²) in [5.74, 6) is 0. The van der Waals surface area contributed by atoms with Gasteiger partial charge in [-0.25, -0.2) is 0 Å². The summed E-state index contributed by atoms with van der Waals surface area (Å²) in [5.41, 5.74) is 2.40. The number of alkyl halides is 3. The second kappa shape index (κ2) is 10.6.